The first-order chi connectivity index (χ1) is 13.0. The molecule has 3 amide bonds. The third kappa shape index (κ3) is 4.39. The average molecular weight is 392 g/mol. The number of carbonyl (C=O) groups is 3. The second-order valence-electron chi connectivity index (χ2n) is 6.54. The van der Waals surface area contributed by atoms with Gasteiger partial charge in [0, 0.05) is 24.8 Å². The number of aliphatic hydroxyl groups is 1. The van der Waals surface area contributed by atoms with Crippen LogP contribution in [0, 0.1) is 5.82 Å². The lowest BCUT2D eigenvalue weighted by Crippen LogP contribution is -2.49. The summed E-state index contributed by atoms with van der Waals surface area (Å²) >= 11 is 0.706. The zero-order valence-electron chi connectivity index (χ0n) is 14.8. The maximum atomic E-state index is 13.8. The Morgan fingerprint density at radius 1 is 1.30 bits per heavy atom. The summed E-state index contributed by atoms with van der Waals surface area (Å²) in [6.45, 7) is 0.216. The van der Waals surface area contributed by atoms with Crippen LogP contribution in [0.15, 0.2) is 29.2 Å². The molecule has 6 nitrogen and oxygen atoms in total. The van der Waals surface area contributed by atoms with Crippen molar-refractivity contribution in [2.75, 3.05) is 19.7 Å². The van der Waals surface area contributed by atoms with E-state index in [9.17, 15) is 23.9 Å². The van der Waals surface area contributed by atoms with Crippen LogP contribution in [-0.2, 0) is 9.59 Å². The van der Waals surface area contributed by atoms with Gasteiger partial charge in [-0.3, -0.25) is 19.3 Å². The minimum atomic E-state index is -0.586. The van der Waals surface area contributed by atoms with Gasteiger partial charge < -0.3 is 10.0 Å². The number of thioether (sulfide) groups is 1. The van der Waals surface area contributed by atoms with Crippen LogP contribution >= 0.6 is 11.8 Å². The molecule has 0 bridgehead atoms. The predicted molar refractivity (Wildman–Crippen MR) is 100 cm³/mol. The van der Waals surface area contributed by atoms with Crippen molar-refractivity contribution < 1.29 is 23.9 Å². The van der Waals surface area contributed by atoms with Crippen molar-refractivity contribution in [2.45, 2.75) is 31.7 Å². The fraction of sp³-hybridized carbons (Fsp3) is 0.421. The van der Waals surface area contributed by atoms with Crippen molar-refractivity contribution in [3.8, 4) is 0 Å². The predicted octanol–water partition coefficient (Wildman–Crippen LogP) is 2.63. The van der Waals surface area contributed by atoms with E-state index >= 15 is 0 Å². The second kappa shape index (κ2) is 8.67. The molecule has 2 fully saturated rings. The molecule has 2 saturated heterocycles. The van der Waals surface area contributed by atoms with Crippen LogP contribution in [0.1, 0.15) is 31.2 Å². The zero-order valence-corrected chi connectivity index (χ0v) is 15.6. The molecule has 1 N–H and O–H groups in total. The number of rotatable bonds is 5. The fourth-order valence-electron chi connectivity index (χ4n) is 3.37. The third-order valence-corrected chi connectivity index (χ3v) is 5.68. The minimum Gasteiger partial charge on any atom is -0.396 e. The molecule has 8 heteroatoms. The van der Waals surface area contributed by atoms with Crippen LogP contribution in [0.2, 0.25) is 0 Å². The van der Waals surface area contributed by atoms with Crippen molar-refractivity contribution >= 4 is 34.9 Å². The molecule has 0 spiro atoms. The van der Waals surface area contributed by atoms with Crippen molar-refractivity contribution in [1.82, 2.24) is 9.80 Å². The summed E-state index contributed by atoms with van der Waals surface area (Å²) in [6.07, 6.45) is 4.48. The number of imide groups is 1. The number of aliphatic hydroxyl groups excluding tert-OH is 1. The summed E-state index contributed by atoms with van der Waals surface area (Å²) in [5.41, 5.74) is 0.216. The first kappa shape index (κ1) is 19.6. The summed E-state index contributed by atoms with van der Waals surface area (Å²) in [5, 5.41) is 8.65. The van der Waals surface area contributed by atoms with Gasteiger partial charge in [0.05, 0.1) is 4.91 Å². The number of carbonyl (C=O) groups excluding carboxylic acids is 3. The molecule has 1 atom stereocenters. The number of likely N-dealkylation sites (tertiary alicyclic amines) is 1. The Morgan fingerprint density at radius 2 is 2.07 bits per heavy atom. The molecule has 0 aromatic heterocycles. The number of halogens is 1. The maximum Gasteiger partial charge on any atom is 0.294 e. The Labute approximate surface area is 161 Å². The lowest BCUT2D eigenvalue weighted by Gasteiger charge is -2.36. The number of piperidine rings is 1. The van der Waals surface area contributed by atoms with Gasteiger partial charge in [-0.15, -0.1) is 0 Å². The number of benzene rings is 1. The lowest BCUT2D eigenvalue weighted by molar-refractivity contribution is -0.139. The van der Waals surface area contributed by atoms with Gasteiger partial charge in [-0.25, -0.2) is 4.39 Å². The summed E-state index contributed by atoms with van der Waals surface area (Å²) in [7, 11) is 0. The SMILES string of the molecule is O=C1S/C(=C\c2ccccc2F)C(=O)N1CC(=O)N1CCCCC1CCO. The molecule has 0 saturated carbocycles. The first-order valence-electron chi connectivity index (χ1n) is 8.91. The monoisotopic (exact) mass is 392 g/mol. The lowest BCUT2D eigenvalue weighted by atomic mass is 9.99. The van der Waals surface area contributed by atoms with Gasteiger partial charge in [-0.2, -0.15) is 0 Å². The molecular weight excluding hydrogens is 371 g/mol. The average Bonchev–Trinajstić information content (AvgIpc) is 2.92. The van der Waals surface area contributed by atoms with Crippen molar-refractivity contribution in [3.05, 3.63) is 40.6 Å². The standard InChI is InChI=1S/C19H21FN2O4S/c20-15-7-2-1-5-13(15)11-16-18(25)22(19(26)27-16)12-17(24)21-9-4-3-6-14(21)8-10-23/h1-2,5,7,11,14,23H,3-4,6,8-10,12H2/b16-11-. The van der Waals surface area contributed by atoms with Crippen LogP contribution in [0.4, 0.5) is 9.18 Å². The molecule has 1 unspecified atom stereocenters. The Bertz CT molecular complexity index is 781. The Balaban J connectivity index is 1.72. The van der Waals surface area contributed by atoms with E-state index in [1.165, 1.54) is 18.2 Å². The number of amides is 3. The normalized spacial score (nSPS) is 22.0. The van der Waals surface area contributed by atoms with Gasteiger partial charge >= 0.3 is 0 Å². The summed E-state index contributed by atoms with van der Waals surface area (Å²) in [5.74, 6) is -1.37. The van der Waals surface area contributed by atoms with E-state index in [1.807, 2.05) is 0 Å². The highest BCUT2D eigenvalue weighted by Gasteiger charge is 2.38. The number of nitrogens with zero attached hydrogens (tertiary/aromatic N) is 2. The van der Waals surface area contributed by atoms with Crippen LogP contribution < -0.4 is 0 Å². The molecule has 27 heavy (non-hydrogen) atoms. The highest BCUT2D eigenvalue weighted by Crippen LogP contribution is 2.33. The molecule has 2 heterocycles. The van der Waals surface area contributed by atoms with Gasteiger partial charge in [0.1, 0.15) is 12.4 Å². The molecule has 0 aliphatic carbocycles. The van der Waals surface area contributed by atoms with E-state index in [0.717, 1.165) is 24.2 Å². The van der Waals surface area contributed by atoms with Crippen molar-refractivity contribution in [3.63, 3.8) is 0 Å². The molecule has 2 aliphatic heterocycles. The molecule has 3 rings (SSSR count). The van der Waals surface area contributed by atoms with Gasteiger partial charge in [0.2, 0.25) is 5.91 Å². The van der Waals surface area contributed by atoms with Crippen LogP contribution in [-0.4, -0.2) is 57.7 Å². The van der Waals surface area contributed by atoms with Crippen LogP contribution in [0.5, 0.6) is 0 Å². The van der Waals surface area contributed by atoms with Gasteiger partial charge in [0.15, 0.2) is 0 Å². The van der Waals surface area contributed by atoms with E-state index < -0.39 is 17.0 Å². The summed E-state index contributed by atoms with van der Waals surface area (Å²) in [4.78, 5) is 40.1. The van der Waals surface area contributed by atoms with E-state index in [2.05, 4.69) is 0 Å². The van der Waals surface area contributed by atoms with Gasteiger partial charge in [-0.1, -0.05) is 18.2 Å². The van der Waals surface area contributed by atoms with E-state index in [0.29, 0.717) is 24.7 Å². The Hall–Kier alpha value is -2.19. The topological polar surface area (TPSA) is 77.9 Å². The second-order valence-corrected chi connectivity index (χ2v) is 7.53. The minimum absolute atomic E-state index is 0.0125. The summed E-state index contributed by atoms with van der Waals surface area (Å²) in [6, 6.07) is 5.91. The fourth-order valence-corrected chi connectivity index (χ4v) is 4.20. The molecule has 1 aromatic rings. The van der Waals surface area contributed by atoms with E-state index in [4.69, 9.17) is 0 Å². The summed E-state index contributed by atoms with van der Waals surface area (Å²) < 4.78 is 13.8. The quantitative estimate of drug-likeness (QED) is 0.780. The molecule has 0 radical (unpaired) electrons. The van der Waals surface area contributed by atoms with E-state index in [1.54, 1.807) is 17.0 Å². The van der Waals surface area contributed by atoms with Crippen LogP contribution in [0.25, 0.3) is 6.08 Å². The van der Waals surface area contributed by atoms with Gasteiger partial charge in [0.25, 0.3) is 11.1 Å². The highest BCUT2D eigenvalue weighted by molar-refractivity contribution is 8.18. The molecular formula is C19H21FN2O4S. The van der Waals surface area contributed by atoms with E-state index in [-0.39, 0.29) is 35.6 Å². The zero-order chi connectivity index (χ0) is 19.4. The Kier molecular flexibility index (Phi) is 6.28. The maximum absolute atomic E-state index is 13.8. The molecule has 1 aromatic carbocycles. The smallest absolute Gasteiger partial charge is 0.294 e. The molecule has 2 aliphatic rings. The molecule has 144 valence electrons. The van der Waals surface area contributed by atoms with Crippen LogP contribution in [0.3, 0.4) is 0 Å². The van der Waals surface area contributed by atoms with Crippen molar-refractivity contribution in [1.29, 1.82) is 0 Å². The largest absolute Gasteiger partial charge is 0.396 e. The highest BCUT2D eigenvalue weighted by atomic mass is 32.2. The number of hydrogen-bond donors (Lipinski definition) is 1. The Morgan fingerprint density at radius 3 is 2.81 bits per heavy atom. The number of hydrogen-bond acceptors (Lipinski definition) is 5. The van der Waals surface area contributed by atoms with Crippen molar-refractivity contribution in [2.24, 2.45) is 0 Å². The van der Waals surface area contributed by atoms with Gasteiger partial charge in [-0.05, 0) is 49.6 Å². The third-order valence-electron chi connectivity index (χ3n) is 4.77. The first-order valence-corrected chi connectivity index (χ1v) is 9.73.